The summed E-state index contributed by atoms with van der Waals surface area (Å²) in [5.41, 5.74) is 1.94. The molecule has 3 heterocycles. The number of nitrogens with one attached hydrogen (secondary N) is 2. The number of unbranched alkanes of at least 4 members (excludes halogenated alkanes) is 3. The Hall–Kier alpha value is -3.74. The van der Waals surface area contributed by atoms with Gasteiger partial charge in [0.15, 0.2) is 0 Å². The summed E-state index contributed by atoms with van der Waals surface area (Å²) >= 11 is 0. The van der Waals surface area contributed by atoms with Crippen molar-refractivity contribution in [3.05, 3.63) is 87.8 Å². The number of pyridine rings is 2. The molecular formula is C26H29N5O2. The van der Waals surface area contributed by atoms with Crippen molar-refractivity contribution in [1.29, 1.82) is 5.41 Å². The molecule has 0 spiro atoms. The lowest BCUT2D eigenvalue weighted by Crippen LogP contribution is -2.36. The maximum atomic E-state index is 13.3. The van der Waals surface area contributed by atoms with E-state index in [0.717, 1.165) is 31.2 Å². The van der Waals surface area contributed by atoms with Gasteiger partial charge in [0.05, 0.1) is 17.0 Å². The van der Waals surface area contributed by atoms with Crippen molar-refractivity contribution < 1.29 is 4.79 Å². The molecule has 0 aliphatic rings. The smallest absolute Gasteiger partial charge is 0.267 e. The maximum absolute atomic E-state index is 13.3. The van der Waals surface area contributed by atoms with E-state index in [4.69, 9.17) is 5.41 Å². The predicted molar refractivity (Wildman–Crippen MR) is 129 cm³/mol. The SMILES string of the molecule is CCCCCCn1c(=N)c(C(=O)NC(C)c2ccccc2)cc2c(=O)n3ccccc3nc21. The Morgan fingerprint density at radius 1 is 1.09 bits per heavy atom. The van der Waals surface area contributed by atoms with Crippen LogP contribution in [0.25, 0.3) is 16.7 Å². The number of hydrogen-bond acceptors (Lipinski definition) is 4. The lowest BCUT2D eigenvalue weighted by molar-refractivity contribution is 0.0937. The van der Waals surface area contributed by atoms with Crippen LogP contribution in [-0.2, 0) is 6.54 Å². The van der Waals surface area contributed by atoms with Gasteiger partial charge < -0.3 is 9.88 Å². The molecule has 1 atom stereocenters. The van der Waals surface area contributed by atoms with Gasteiger partial charge >= 0.3 is 0 Å². The molecule has 0 radical (unpaired) electrons. The van der Waals surface area contributed by atoms with Gasteiger partial charge in [-0.2, -0.15) is 0 Å². The fourth-order valence-electron chi connectivity index (χ4n) is 4.07. The molecule has 0 saturated carbocycles. The molecule has 1 amide bonds. The van der Waals surface area contributed by atoms with Crippen molar-refractivity contribution in [3.63, 3.8) is 0 Å². The van der Waals surface area contributed by atoms with Gasteiger partial charge in [0.1, 0.15) is 16.8 Å². The van der Waals surface area contributed by atoms with Crippen molar-refractivity contribution in [2.45, 2.75) is 52.1 Å². The Labute approximate surface area is 192 Å². The molecule has 0 bridgehead atoms. The van der Waals surface area contributed by atoms with Gasteiger partial charge in [0, 0.05) is 12.7 Å². The summed E-state index contributed by atoms with van der Waals surface area (Å²) in [5, 5.41) is 12.1. The van der Waals surface area contributed by atoms with Gasteiger partial charge in [-0.3, -0.25) is 19.4 Å². The fraction of sp³-hybridized carbons (Fsp3) is 0.308. The lowest BCUT2D eigenvalue weighted by atomic mass is 10.1. The largest absolute Gasteiger partial charge is 0.345 e. The first-order valence-corrected chi connectivity index (χ1v) is 11.5. The highest BCUT2D eigenvalue weighted by Crippen LogP contribution is 2.15. The minimum atomic E-state index is -0.377. The molecule has 2 N–H and O–H groups in total. The van der Waals surface area contributed by atoms with Gasteiger partial charge in [-0.1, -0.05) is 62.6 Å². The van der Waals surface area contributed by atoms with E-state index in [1.807, 2.05) is 43.3 Å². The molecule has 0 fully saturated rings. The summed E-state index contributed by atoms with van der Waals surface area (Å²) < 4.78 is 3.18. The van der Waals surface area contributed by atoms with Gasteiger partial charge in [-0.25, -0.2) is 4.98 Å². The van der Waals surface area contributed by atoms with Gasteiger partial charge in [0.2, 0.25) is 0 Å². The van der Waals surface area contributed by atoms with Crippen molar-refractivity contribution in [3.8, 4) is 0 Å². The lowest BCUT2D eigenvalue weighted by Gasteiger charge is -2.17. The average molecular weight is 444 g/mol. The van der Waals surface area contributed by atoms with Crippen molar-refractivity contribution in [2.24, 2.45) is 0 Å². The van der Waals surface area contributed by atoms with E-state index in [9.17, 15) is 9.59 Å². The summed E-state index contributed by atoms with van der Waals surface area (Å²) in [4.78, 5) is 31.2. The molecular weight excluding hydrogens is 414 g/mol. The second-order valence-electron chi connectivity index (χ2n) is 8.31. The molecule has 7 nitrogen and oxygen atoms in total. The van der Waals surface area contributed by atoms with Crippen LogP contribution >= 0.6 is 0 Å². The van der Waals surface area contributed by atoms with Crippen LogP contribution in [0.1, 0.15) is 61.5 Å². The minimum absolute atomic E-state index is 0.0731. The standard InChI is InChI=1S/C26H29N5O2/c1-3-4-5-10-16-31-23(27)20(25(32)28-18(2)19-12-7-6-8-13-19)17-21-24(31)29-22-14-9-11-15-30(22)26(21)33/h6-9,11-15,17-18,27H,3-5,10,16H2,1-2H3,(H,28,32). The average Bonchev–Trinajstić information content (AvgIpc) is 2.83. The fourth-order valence-corrected chi connectivity index (χ4v) is 4.07. The molecule has 0 aliphatic carbocycles. The second-order valence-corrected chi connectivity index (χ2v) is 8.31. The Balaban J connectivity index is 1.82. The van der Waals surface area contributed by atoms with E-state index in [1.54, 1.807) is 22.9 Å². The normalized spacial score (nSPS) is 12.2. The first-order chi connectivity index (χ1) is 16.0. The Morgan fingerprint density at radius 2 is 1.85 bits per heavy atom. The Bertz CT molecular complexity index is 1410. The number of carbonyl (C=O) groups excluding carboxylic acids is 1. The number of fused-ring (bicyclic) bond motifs is 2. The van der Waals surface area contributed by atoms with Gasteiger partial charge in [-0.15, -0.1) is 0 Å². The first-order valence-electron chi connectivity index (χ1n) is 11.5. The number of amides is 1. The highest BCUT2D eigenvalue weighted by Gasteiger charge is 2.19. The summed E-state index contributed by atoms with van der Waals surface area (Å²) in [5.74, 6) is -0.377. The van der Waals surface area contributed by atoms with Crippen LogP contribution in [0, 0.1) is 5.41 Å². The zero-order valence-electron chi connectivity index (χ0n) is 19.0. The summed E-state index contributed by atoms with van der Waals surface area (Å²) in [7, 11) is 0. The van der Waals surface area contributed by atoms with E-state index in [2.05, 4.69) is 17.2 Å². The zero-order chi connectivity index (χ0) is 23.4. The number of rotatable bonds is 8. The first kappa shape index (κ1) is 22.5. The van der Waals surface area contributed by atoms with Crippen LogP contribution in [0.3, 0.4) is 0 Å². The van der Waals surface area contributed by atoms with E-state index >= 15 is 0 Å². The molecule has 7 heteroatoms. The molecule has 4 rings (SSSR count). The molecule has 3 aromatic heterocycles. The quantitative estimate of drug-likeness (QED) is 0.316. The van der Waals surface area contributed by atoms with Crippen LogP contribution in [0.15, 0.2) is 65.6 Å². The molecule has 0 aliphatic heterocycles. The van der Waals surface area contributed by atoms with Gasteiger partial charge in [0.25, 0.3) is 11.5 Å². The topological polar surface area (TPSA) is 92.2 Å². The van der Waals surface area contributed by atoms with E-state index < -0.39 is 0 Å². The number of carbonyl (C=O) groups is 1. The number of nitrogens with zero attached hydrogens (tertiary/aromatic N) is 3. The molecule has 170 valence electrons. The van der Waals surface area contributed by atoms with Crippen LogP contribution < -0.4 is 16.4 Å². The molecule has 1 unspecified atom stereocenters. The van der Waals surface area contributed by atoms with Crippen molar-refractivity contribution >= 4 is 22.6 Å². The molecule has 1 aromatic carbocycles. The number of benzene rings is 1. The third-order valence-corrected chi connectivity index (χ3v) is 5.95. The zero-order valence-corrected chi connectivity index (χ0v) is 19.0. The summed E-state index contributed by atoms with van der Waals surface area (Å²) in [6.07, 6.45) is 5.73. The third-order valence-electron chi connectivity index (χ3n) is 5.95. The number of aromatic nitrogens is 3. The third kappa shape index (κ3) is 4.58. The van der Waals surface area contributed by atoms with E-state index in [0.29, 0.717) is 23.2 Å². The van der Waals surface area contributed by atoms with Crippen LogP contribution in [0.5, 0.6) is 0 Å². The monoisotopic (exact) mass is 443 g/mol. The Kier molecular flexibility index (Phi) is 6.68. The van der Waals surface area contributed by atoms with Crippen LogP contribution in [0.4, 0.5) is 0 Å². The second kappa shape index (κ2) is 9.81. The van der Waals surface area contributed by atoms with Gasteiger partial charge in [-0.05, 0) is 37.1 Å². The summed E-state index contributed by atoms with van der Waals surface area (Å²) in [6, 6.07) is 16.3. The highest BCUT2D eigenvalue weighted by atomic mass is 16.2. The van der Waals surface area contributed by atoms with Crippen LogP contribution in [0.2, 0.25) is 0 Å². The molecule has 0 saturated heterocycles. The summed E-state index contributed by atoms with van der Waals surface area (Å²) in [6.45, 7) is 4.58. The van der Waals surface area contributed by atoms with E-state index in [1.165, 1.54) is 10.5 Å². The van der Waals surface area contributed by atoms with E-state index in [-0.39, 0.29) is 28.6 Å². The minimum Gasteiger partial charge on any atom is -0.345 e. The number of hydrogen-bond donors (Lipinski definition) is 2. The van der Waals surface area contributed by atoms with Crippen molar-refractivity contribution in [2.75, 3.05) is 0 Å². The number of aryl methyl sites for hydroxylation is 1. The van der Waals surface area contributed by atoms with Crippen LogP contribution in [-0.4, -0.2) is 19.9 Å². The molecule has 33 heavy (non-hydrogen) atoms. The molecule has 4 aromatic rings. The highest BCUT2D eigenvalue weighted by molar-refractivity contribution is 5.97. The maximum Gasteiger partial charge on any atom is 0.267 e. The Morgan fingerprint density at radius 3 is 2.61 bits per heavy atom. The predicted octanol–water partition coefficient (Wildman–Crippen LogP) is 4.20. The van der Waals surface area contributed by atoms with Crippen molar-refractivity contribution in [1.82, 2.24) is 19.3 Å².